The largest absolute Gasteiger partial charge is 0.616 e. The lowest BCUT2D eigenvalue weighted by atomic mass is 10.2. The zero-order valence-corrected chi connectivity index (χ0v) is 9.13. The average Bonchev–Trinajstić information content (AvgIpc) is 2.26. The fourth-order valence-electron chi connectivity index (χ4n) is 1.25. The molecular formula is C11H15O2S. The van der Waals surface area contributed by atoms with Crippen molar-refractivity contribution in [3.05, 3.63) is 35.9 Å². The molecule has 0 saturated heterocycles. The summed E-state index contributed by atoms with van der Waals surface area (Å²) in [5, 5.41) is 10.3. The molecule has 0 aromatic heterocycles. The van der Waals surface area contributed by atoms with E-state index in [4.69, 9.17) is 0 Å². The summed E-state index contributed by atoms with van der Waals surface area (Å²) in [7, 11) is 0. The normalized spacial score (nSPS) is 15.1. The standard InChI is InChI=1S/C11H15O2S/c1-10(14(13)9-5-8-12)11-6-3-2-4-7-11/h2-4,6-7,10H,5,8-9H2,1H3. The highest BCUT2D eigenvalue weighted by molar-refractivity contribution is 7.91. The van der Waals surface area contributed by atoms with Crippen LogP contribution in [0.2, 0.25) is 0 Å². The van der Waals surface area contributed by atoms with Gasteiger partial charge in [-0.3, -0.25) is 0 Å². The Morgan fingerprint density at radius 2 is 2.00 bits per heavy atom. The maximum Gasteiger partial charge on any atom is 0.137 e. The molecule has 0 aliphatic rings. The fourth-order valence-corrected chi connectivity index (χ4v) is 2.47. The van der Waals surface area contributed by atoms with Crippen LogP contribution in [-0.4, -0.2) is 16.9 Å². The summed E-state index contributed by atoms with van der Waals surface area (Å²) < 4.78 is 11.7. The second-order valence-electron chi connectivity index (χ2n) is 3.20. The average molecular weight is 211 g/mol. The molecule has 0 aliphatic carbocycles. The van der Waals surface area contributed by atoms with Gasteiger partial charge in [0.05, 0.1) is 6.61 Å². The molecule has 0 fully saturated rings. The zero-order valence-electron chi connectivity index (χ0n) is 8.31. The van der Waals surface area contributed by atoms with E-state index in [1.165, 1.54) is 0 Å². The molecule has 2 nitrogen and oxygen atoms in total. The Bertz CT molecular complexity index is 251. The first-order chi connectivity index (χ1) is 6.75. The fraction of sp³-hybridized carbons (Fsp3) is 0.455. The minimum Gasteiger partial charge on any atom is -0.616 e. The topological polar surface area (TPSA) is 43.0 Å². The molecular weight excluding hydrogens is 196 g/mol. The van der Waals surface area contributed by atoms with Gasteiger partial charge in [0.25, 0.3) is 0 Å². The molecule has 2 atom stereocenters. The Morgan fingerprint density at radius 1 is 1.36 bits per heavy atom. The van der Waals surface area contributed by atoms with Gasteiger partial charge in [0.2, 0.25) is 0 Å². The van der Waals surface area contributed by atoms with Crippen molar-refractivity contribution in [3.63, 3.8) is 0 Å². The van der Waals surface area contributed by atoms with Crippen LogP contribution in [0.3, 0.4) is 0 Å². The second kappa shape index (κ2) is 6.06. The summed E-state index contributed by atoms with van der Waals surface area (Å²) in [6.07, 6.45) is 0.504. The van der Waals surface area contributed by atoms with Crippen molar-refractivity contribution in [1.82, 2.24) is 0 Å². The van der Waals surface area contributed by atoms with Crippen molar-refractivity contribution in [2.45, 2.75) is 18.6 Å². The van der Waals surface area contributed by atoms with Gasteiger partial charge in [0.1, 0.15) is 11.0 Å². The molecule has 0 spiro atoms. The summed E-state index contributed by atoms with van der Waals surface area (Å²) in [5.74, 6) is 0.513. The SMILES string of the molecule is CC(c1ccccc1)[S+]([O-])CCC[O]. The molecule has 0 heterocycles. The molecule has 0 saturated carbocycles. The van der Waals surface area contributed by atoms with Gasteiger partial charge in [0.15, 0.2) is 0 Å². The number of benzene rings is 1. The molecule has 77 valence electrons. The third-order valence-corrected chi connectivity index (χ3v) is 3.91. The predicted octanol–water partition coefficient (Wildman–Crippen LogP) is 2.32. The van der Waals surface area contributed by atoms with E-state index in [9.17, 15) is 9.66 Å². The van der Waals surface area contributed by atoms with Crippen LogP contribution in [0.4, 0.5) is 0 Å². The van der Waals surface area contributed by atoms with Gasteiger partial charge in [-0.1, -0.05) is 30.3 Å². The van der Waals surface area contributed by atoms with Crippen LogP contribution in [0.1, 0.15) is 24.2 Å². The smallest absolute Gasteiger partial charge is 0.137 e. The predicted molar refractivity (Wildman–Crippen MR) is 58.0 cm³/mol. The molecule has 0 N–H and O–H groups in total. The Hall–Kier alpha value is -0.510. The van der Waals surface area contributed by atoms with Gasteiger partial charge in [-0.25, -0.2) is 5.11 Å². The van der Waals surface area contributed by atoms with E-state index in [-0.39, 0.29) is 11.9 Å². The maximum atomic E-state index is 11.7. The first kappa shape index (κ1) is 11.6. The molecule has 0 bridgehead atoms. The highest BCUT2D eigenvalue weighted by atomic mass is 32.2. The van der Waals surface area contributed by atoms with Gasteiger partial charge in [-0.15, -0.1) is 0 Å². The number of hydrogen-bond acceptors (Lipinski definition) is 1. The lowest BCUT2D eigenvalue weighted by Gasteiger charge is -2.17. The van der Waals surface area contributed by atoms with E-state index in [0.29, 0.717) is 12.2 Å². The van der Waals surface area contributed by atoms with Crippen molar-refractivity contribution < 1.29 is 9.66 Å². The monoisotopic (exact) mass is 211 g/mol. The summed E-state index contributed by atoms with van der Waals surface area (Å²) in [6.45, 7) is 1.81. The Balaban J connectivity index is 2.52. The van der Waals surface area contributed by atoms with E-state index in [0.717, 1.165) is 5.56 Å². The summed E-state index contributed by atoms with van der Waals surface area (Å²) in [5.41, 5.74) is 1.08. The number of hydrogen-bond donors (Lipinski definition) is 0. The van der Waals surface area contributed by atoms with Gasteiger partial charge in [-0.05, 0) is 18.1 Å². The Morgan fingerprint density at radius 3 is 2.57 bits per heavy atom. The lowest BCUT2D eigenvalue weighted by Crippen LogP contribution is -2.15. The quantitative estimate of drug-likeness (QED) is 0.689. The van der Waals surface area contributed by atoms with E-state index < -0.39 is 11.2 Å². The van der Waals surface area contributed by atoms with Gasteiger partial charge < -0.3 is 4.55 Å². The van der Waals surface area contributed by atoms with Crippen LogP contribution >= 0.6 is 0 Å². The van der Waals surface area contributed by atoms with Crippen LogP contribution in [-0.2, 0) is 16.3 Å². The van der Waals surface area contributed by atoms with Gasteiger partial charge in [-0.2, -0.15) is 0 Å². The highest BCUT2D eigenvalue weighted by Gasteiger charge is 2.17. The Kier molecular flexibility index (Phi) is 5.01. The highest BCUT2D eigenvalue weighted by Crippen LogP contribution is 2.22. The minimum absolute atomic E-state index is 0.0303. The number of rotatable bonds is 5. The van der Waals surface area contributed by atoms with Crippen LogP contribution in [0.15, 0.2) is 30.3 Å². The van der Waals surface area contributed by atoms with E-state index in [1.807, 2.05) is 37.3 Å². The summed E-state index contributed by atoms with van der Waals surface area (Å²) >= 11 is -0.916. The molecule has 3 heteroatoms. The van der Waals surface area contributed by atoms with E-state index in [2.05, 4.69) is 0 Å². The van der Waals surface area contributed by atoms with E-state index in [1.54, 1.807) is 0 Å². The second-order valence-corrected chi connectivity index (χ2v) is 5.07. The molecule has 1 aromatic carbocycles. The molecule has 1 aromatic rings. The van der Waals surface area contributed by atoms with Gasteiger partial charge >= 0.3 is 0 Å². The minimum atomic E-state index is -0.916. The van der Waals surface area contributed by atoms with Crippen molar-refractivity contribution in [2.75, 3.05) is 12.4 Å². The van der Waals surface area contributed by atoms with Crippen LogP contribution in [0, 0.1) is 0 Å². The van der Waals surface area contributed by atoms with Crippen molar-refractivity contribution in [2.24, 2.45) is 0 Å². The van der Waals surface area contributed by atoms with Crippen LogP contribution in [0.25, 0.3) is 0 Å². The first-order valence-electron chi connectivity index (χ1n) is 4.76. The molecule has 1 rings (SSSR count). The van der Waals surface area contributed by atoms with Crippen LogP contribution in [0.5, 0.6) is 0 Å². The van der Waals surface area contributed by atoms with E-state index >= 15 is 0 Å². The first-order valence-corrected chi connectivity index (χ1v) is 6.14. The van der Waals surface area contributed by atoms with Crippen molar-refractivity contribution in [3.8, 4) is 0 Å². The summed E-state index contributed by atoms with van der Waals surface area (Å²) in [6, 6.07) is 9.77. The maximum absolute atomic E-state index is 11.7. The van der Waals surface area contributed by atoms with Gasteiger partial charge in [0, 0.05) is 12.0 Å². The molecule has 0 amide bonds. The molecule has 0 aliphatic heterocycles. The third-order valence-electron chi connectivity index (χ3n) is 2.15. The molecule has 14 heavy (non-hydrogen) atoms. The zero-order chi connectivity index (χ0) is 10.4. The Labute approximate surface area is 88.1 Å². The molecule has 2 unspecified atom stereocenters. The van der Waals surface area contributed by atoms with Crippen LogP contribution < -0.4 is 0 Å². The lowest BCUT2D eigenvalue weighted by molar-refractivity contribution is 0.194. The summed E-state index contributed by atoms with van der Waals surface area (Å²) in [4.78, 5) is 0. The van der Waals surface area contributed by atoms with Crippen molar-refractivity contribution in [1.29, 1.82) is 0 Å². The third kappa shape index (κ3) is 3.33. The van der Waals surface area contributed by atoms with Crippen molar-refractivity contribution >= 4 is 11.2 Å². The molecule has 1 radical (unpaired) electrons.